The Morgan fingerprint density at radius 2 is 2.31 bits per heavy atom. The highest BCUT2D eigenvalue weighted by Gasteiger charge is 2.49. The van der Waals surface area contributed by atoms with Crippen molar-refractivity contribution in [3.8, 4) is 0 Å². The van der Waals surface area contributed by atoms with Gasteiger partial charge in [0.15, 0.2) is 5.78 Å². The van der Waals surface area contributed by atoms with Crippen LogP contribution in [0.25, 0.3) is 0 Å². The van der Waals surface area contributed by atoms with Crippen molar-refractivity contribution in [1.82, 2.24) is 0 Å². The standard InChI is InChI=1S/C11H16O2/c1-11-5-3-2-4-9(11)6-8(7-12)10(11)13/h7,9,12H,2-6H2,1H3/b8-7+/t9-,11-/m0/s1. The lowest BCUT2D eigenvalue weighted by atomic mass is 9.69. The van der Waals surface area contributed by atoms with Crippen molar-refractivity contribution < 1.29 is 9.90 Å². The van der Waals surface area contributed by atoms with Gasteiger partial charge in [-0.3, -0.25) is 4.79 Å². The minimum absolute atomic E-state index is 0.146. The fourth-order valence-corrected chi connectivity index (χ4v) is 2.87. The molecule has 0 aromatic carbocycles. The smallest absolute Gasteiger partial charge is 0.168 e. The first kappa shape index (κ1) is 8.79. The van der Waals surface area contributed by atoms with E-state index in [2.05, 4.69) is 6.92 Å². The second kappa shape index (κ2) is 2.86. The number of aliphatic hydroxyl groups is 1. The van der Waals surface area contributed by atoms with Crippen LogP contribution in [0.4, 0.5) is 0 Å². The minimum Gasteiger partial charge on any atom is -0.515 e. The number of hydrogen-bond donors (Lipinski definition) is 1. The van der Waals surface area contributed by atoms with Gasteiger partial charge in [0.25, 0.3) is 0 Å². The Kier molecular flexibility index (Phi) is 1.94. The SMILES string of the molecule is C[C@]12CCCC[C@H]1C/C(=C\O)C2=O. The largest absolute Gasteiger partial charge is 0.515 e. The van der Waals surface area contributed by atoms with Gasteiger partial charge in [-0.05, 0) is 25.2 Å². The number of allylic oxidation sites excluding steroid dienone is 1. The third-order valence-corrected chi connectivity index (χ3v) is 3.83. The van der Waals surface area contributed by atoms with E-state index in [1.165, 1.54) is 6.42 Å². The summed E-state index contributed by atoms with van der Waals surface area (Å²) in [5.41, 5.74) is 0.502. The topological polar surface area (TPSA) is 37.3 Å². The lowest BCUT2D eigenvalue weighted by molar-refractivity contribution is -0.125. The number of carbonyl (C=O) groups excluding carboxylic acids is 1. The van der Waals surface area contributed by atoms with E-state index in [9.17, 15) is 4.79 Å². The molecule has 2 aliphatic rings. The number of fused-ring (bicyclic) bond motifs is 1. The molecule has 0 saturated heterocycles. The molecule has 2 saturated carbocycles. The summed E-state index contributed by atoms with van der Waals surface area (Å²) in [5.74, 6) is 0.687. The molecule has 0 heterocycles. The van der Waals surface area contributed by atoms with Gasteiger partial charge in [0.2, 0.25) is 0 Å². The lowest BCUT2D eigenvalue weighted by Crippen LogP contribution is -2.31. The number of rotatable bonds is 0. The van der Waals surface area contributed by atoms with Crippen LogP contribution in [0.3, 0.4) is 0 Å². The average Bonchev–Trinajstić information content (AvgIpc) is 2.40. The van der Waals surface area contributed by atoms with E-state index >= 15 is 0 Å². The first-order valence-corrected chi connectivity index (χ1v) is 5.06. The summed E-state index contributed by atoms with van der Waals surface area (Å²) >= 11 is 0. The Morgan fingerprint density at radius 1 is 1.54 bits per heavy atom. The number of Topliss-reactive ketones (excluding diaryl/α,β-unsaturated/α-hetero) is 1. The molecular formula is C11H16O2. The van der Waals surface area contributed by atoms with Crippen LogP contribution in [0.15, 0.2) is 11.8 Å². The summed E-state index contributed by atoms with van der Waals surface area (Å²) in [4.78, 5) is 11.9. The van der Waals surface area contributed by atoms with Crippen molar-refractivity contribution in [2.45, 2.75) is 39.0 Å². The monoisotopic (exact) mass is 180 g/mol. The molecule has 0 aromatic heterocycles. The Balaban J connectivity index is 2.32. The summed E-state index contributed by atoms with van der Waals surface area (Å²) in [6, 6.07) is 0. The molecular weight excluding hydrogens is 164 g/mol. The highest BCUT2D eigenvalue weighted by Crippen LogP contribution is 2.51. The molecule has 2 aliphatic carbocycles. The first-order valence-electron chi connectivity index (χ1n) is 5.06. The molecule has 0 radical (unpaired) electrons. The van der Waals surface area contributed by atoms with Crippen LogP contribution in [0.5, 0.6) is 0 Å². The second-order valence-corrected chi connectivity index (χ2v) is 4.55. The van der Waals surface area contributed by atoms with Crippen LogP contribution in [-0.4, -0.2) is 10.9 Å². The van der Waals surface area contributed by atoms with E-state index < -0.39 is 0 Å². The van der Waals surface area contributed by atoms with Gasteiger partial charge in [0.05, 0.1) is 6.26 Å². The Hall–Kier alpha value is -0.790. The van der Waals surface area contributed by atoms with Gasteiger partial charge in [-0.1, -0.05) is 19.8 Å². The maximum Gasteiger partial charge on any atom is 0.168 e. The molecule has 1 N–H and O–H groups in total. The van der Waals surface area contributed by atoms with Gasteiger partial charge in [-0.15, -0.1) is 0 Å². The van der Waals surface area contributed by atoms with Crippen molar-refractivity contribution in [2.24, 2.45) is 11.3 Å². The Bertz CT molecular complexity index is 267. The number of hydrogen-bond acceptors (Lipinski definition) is 2. The number of aliphatic hydroxyl groups excluding tert-OH is 1. The molecule has 2 rings (SSSR count). The second-order valence-electron chi connectivity index (χ2n) is 4.55. The van der Waals surface area contributed by atoms with Crippen LogP contribution in [0, 0.1) is 11.3 Å². The molecule has 2 atom stereocenters. The average molecular weight is 180 g/mol. The van der Waals surface area contributed by atoms with Gasteiger partial charge in [-0.2, -0.15) is 0 Å². The number of ketones is 1. The summed E-state index contributed by atoms with van der Waals surface area (Å²) in [6.45, 7) is 2.07. The van der Waals surface area contributed by atoms with Crippen LogP contribution in [0.2, 0.25) is 0 Å². The van der Waals surface area contributed by atoms with Crippen molar-refractivity contribution in [3.63, 3.8) is 0 Å². The molecule has 0 bridgehead atoms. The van der Waals surface area contributed by atoms with Crippen molar-refractivity contribution in [3.05, 3.63) is 11.8 Å². The minimum atomic E-state index is -0.146. The fourth-order valence-electron chi connectivity index (χ4n) is 2.87. The molecule has 0 spiro atoms. The van der Waals surface area contributed by atoms with Gasteiger partial charge < -0.3 is 5.11 Å². The van der Waals surface area contributed by atoms with E-state index in [-0.39, 0.29) is 11.2 Å². The van der Waals surface area contributed by atoms with E-state index in [0.717, 1.165) is 31.9 Å². The van der Waals surface area contributed by atoms with Gasteiger partial charge in [0.1, 0.15) is 0 Å². The molecule has 0 aliphatic heterocycles. The zero-order chi connectivity index (χ0) is 9.47. The molecule has 2 fully saturated rings. The third-order valence-electron chi connectivity index (χ3n) is 3.83. The zero-order valence-electron chi connectivity index (χ0n) is 8.05. The normalized spacial score (nSPS) is 42.4. The fraction of sp³-hybridized carbons (Fsp3) is 0.727. The van der Waals surface area contributed by atoms with Crippen molar-refractivity contribution in [1.29, 1.82) is 0 Å². The molecule has 0 unspecified atom stereocenters. The molecule has 2 heteroatoms. The van der Waals surface area contributed by atoms with Crippen molar-refractivity contribution >= 4 is 5.78 Å². The van der Waals surface area contributed by atoms with Crippen LogP contribution in [0.1, 0.15) is 39.0 Å². The van der Waals surface area contributed by atoms with Crippen molar-refractivity contribution in [2.75, 3.05) is 0 Å². The predicted octanol–water partition coefficient (Wildman–Crippen LogP) is 2.60. The zero-order valence-corrected chi connectivity index (χ0v) is 8.05. The van der Waals surface area contributed by atoms with E-state index in [4.69, 9.17) is 5.11 Å². The predicted molar refractivity (Wildman–Crippen MR) is 50.4 cm³/mol. The quantitative estimate of drug-likeness (QED) is 0.459. The van der Waals surface area contributed by atoms with Crippen LogP contribution < -0.4 is 0 Å². The molecule has 13 heavy (non-hydrogen) atoms. The lowest BCUT2D eigenvalue weighted by Gasteiger charge is -2.33. The van der Waals surface area contributed by atoms with Gasteiger partial charge >= 0.3 is 0 Å². The highest BCUT2D eigenvalue weighted by atomic mass is 16.2. The first-order chi connectivity index (χ1) is 6.18. The summed E-state index contributed by atoms with van der Waals surface area (Å²) < 4.78 is 0. The molecule has 0 amide bonds. The van der Waals surface area contributed by atoms with Gasteiger partial charge in [-0.25, -0.2) is 0 Å². The van der Waals surface area contributed by atoms with Crippen LogP contribution >= 0.6 is 0 Å². The summed E-state index contributed by atoms with van der Waals surface area (Å²) in [7, 11) is 0. The van der Waals surface area contributed by atoms with Gasteiger partial charge in [0, 0.05) is 11.0 Å². The molecule has 2 nitrogen and oxygen atoms in total. The molecule has 72 valence electrons. The Morgan fingerprint density at radius 3 is 2.92 bits per heavy atom. The van der Waals surface area contributed by atoms with Crippen LogP contribution in [-0.2, 0) is 4.79 Å². The summed E-state index contributed by atoms with van der Waals surface area (Å²) in [5, 5.41) is 8.92. The number of carbonyl (C=O) groups is 1. The third kappa shape index (κ3) is 1.11. The summed E-state index contributed by atoms with van der Waals surface area (Å²) in [6.07, 6.45) is 6.38. The van der Waals surface area contributed by atoms with E-state index in [1.54, 1.807) is 0 Å². The maximum atomic E-state index is 11.9. The maximum absolute atomic E-state index is 11.9. The Labute approximate surface area is 78.6 Å². The molecule has 0 aromatic rings. The highest BCUT2D eigenvalue weighted by molar-refractivity contribution is 6.02. The van der Waals surface area contributed by atoms with E-state index in [0.29, 0.717) is 11.5 Å². The van der Waals surface area contributed by atoms with E-state index in [1.807, 2.05) is 0 Å².